The minimum Gasteiger partial charge on any atom is -0.497 e. The summed E-state index contributed by atoms with van der Waals surface area (Å²) in [5.41, 5.74) is 0.843. The van der Waals surface area contributed by atoms with Crippen molar-refractivity contribution >= 4 is 28.5 Å². The van der Waals surface area contributed by atoms with Crippen LogP contribution in [0.4, 0.5) is 5.69 Å². The molecule has 1 aromatic heterocycles. The number of methoxy groups -OCH3 is 2. The first kappa shape index (κ1) is 29.9. The first-order valence-corrected chi connectivity index (χ1v) is 14.1. The molecule has 0 unspecified atom stereocenters. The Morgan fingerprint density at radius 1 is 0.902 bits per heavy atom. The molecule has 11 heteroatoms. The molecule has 1 aliphatic heterocycles. The highest BCUT2D eigenvalue weighted by Gasteiger charge is 2.17. The Bertz CT molecular complexity index is 1440. The molecule has 0 saturated carbocycles. The fraction of sp³-hybridized carbons (Fsp3) is 0.467. The first-order chi connectivity index (χ1) is 19.9. The third-order valence-electron chi connectivity index (χ3n) is 7.47. The highest BCUT2D eigenvalue weighted by molar-refractivity contribution is 5.93. The molecular formula is C30H39N5O6. The van der Waals surface area contributed by atoms with Crippen LogP contribution in [-0.2, 0) is 16.1 Å². The van der Waals surface area contributed by atoms with Crippen LogP contribution in [0.1, 0.15) is 42.5 Å². The van der Waals surface area contributed by atoms with Gasteiger partial charge < -0.3 is 24.7 Å². The second-order valence-corrected chi connectivity index (χ2v) is 10.2. The van der Waals surface area contributed by atoms with E-state index in [1.807, 2.05) is 12.1 Å². The summed E-state index contributed by atoms with van der Waals surface area (Å²) in [7, 11) is 2.94. The summed E-state index contributed by atoms with van der Waals surface area (Å²) in [6, 6.07) is 12.6. The number of unbranched alkanes of at least 4 members (excludes halogenated alkanes) is 2. The van der Waals surface area contributed by atoms with Gasteiger partial charge in [0.15, 0.2) is 0 Å². The van der Waals surface area contributed by atoms with Gasteiger partial charge in [0.25, 0.3) is 5.56 Å². The standard InChI is InChI=1S/C30H39N5O6/c1-40-24-11-9-23(10-12-24)34-19-17-33(18-20-34)15-6-14-31-27(36)7-4-3-5-16-35-28(37)25-13-8-22(29(38)41-2)21-26(25)32-30(35)39/h8-13,21H,3-7,14-20H2,1-2H3,(H,31,36)(H,32,39). The third-order valence-corrected chi connectivity index (χ3v) is 7.47. The van der Waals surface area contributed by atoms with Crippen LogP contribution < -0.4 is 26.2 Å². The zero-order chi connectivity index (χ0) is 29.2. The van der Waals surface area contributed by atoms with Crippen LogP contribution in [0, 0.1) is 0 Å². The quantitative estimate of drug-likeness (QED) is 0.239. The molecule has 4 rings (SSSR count). The fourth-order valence-electron chi connectivity index (χ4n) is 5.08. The average molecular weight is 566 g/mol. The van der Waals surface area contributed by atoms with E-state index in [9.17, 15) is 19.2 Å². The maximum Gasteiger partial charge on any atom is 0.337 e. The Kier molecular flexibility index (Phi) is 10.6. The molecule has 2 N–H and O–H groups in total. The van der Waals surface area contributed by atoms with Crippen LogP contribution in [0.3, 0.4) is 0 Å². The molecular weight excluding hydrogens is 526 g/mol. The first-order valence-electron chi connectivity index (χ1n) is 14.1. The lowest BCUT2D eigenvalue weighted by Gasteiger charge is -2.36. The van der Waals surface area contributed by atoms with Gasteiger partial charge in [-0.3, -0.25) is 19.1 Å². The highest BCUT2D eigenvalue weighted by atomic mass is 16.5. The molecule has 1 fully saturated rings. The van der Waals surface area contributed by atoms with Crippen molar-refractivity contribution in [2.45, 2.75) is 38.6 Å². The maximum atomic E-state index is 12.8. The zero-order valence-corrected chi connectivity index (χ0v) is 23.8. The fourth-order valence-corrected chi connectivity index (χ4v) is 5.08. The second kappa shape index (κ2) is 14.5. The van der Waals surface area contributed by atoms with E-state index in [1.165, 1.54) is 31.0 Å². The molecule has 41 heavy (non-hydrogen) atoms. The predicted molar refractivity (Wildman–Crippen MR) is 158 cm³/mol. The van der Waals surface area contributed by atoms with E-state index in [0.29, 0.717) is 36.7 Å². The summed E-state index contributed by atoms with van der Waals surface area (Å²) in [6.07, 6.45) is 3.33. The van der Waals surface area contributed by atoms with E-state index in [1.54, 1.807) is 7.11 Å². The summed E-state index contributed by atoms with van der Waals surface area (Å²) in [4.78, 5) is 56.7. The molecule has 0 radical (unpaired) electrons. The summed E-state index contributed by atoms with van der Waals surface area (Å²) >= 11 is 0. The number of nitrogens with one attached hydrogen (secondary N) is 2. The number of amides is 1. The van der Waals surface area contributed by atoms with E-state index in [0.717, 1.165) is 55.9 Å². The predicted octanol–water partition coefficient (Wildman–Crippen LogP) is 2.37. The van der Waals surface area contributed by atoms with Crippen molar-refractivity contribution in [3.8, 4) is 5.75 Å². The number of ether oxygens (including phenoxy) is 2. The van der Waals surface area contributed by atoms with Gasteiger partial charge in [-0.1, -0.05) is 6.42 Å². The smallest absolute Gasteiger partial charge is 0.337 e. The molecule has 1 amide bonds. The van der Waals surface area contributed by atoms with Gasteiger partial charge in [0.1, 0.15) is 5.75 Å². The van der Waals surface area contributed by atoms with Crippen LogP contribution in [0.2, 0.25) is 0 Å². The van der Waals surface area contributed by atoms with E-state index in [2.05, 4.69) is 37.0 Å². The van der Waals surface area contributed by atoms with Gasteiger partial charge in [-0.25, -0.2) is 9.59 Å². The summed E-state index contributed by atoms with van der Waals surface area (Å²) in [5, 5.41) is 3.33. The molecule has 0 aliphatic carbocycles. The van der Waals surface area contributed by atoms with E-state index in [-0.39, 0.29) is 18.0 Å². The number of nitrogens with zero attached hydrogens (tertiary/aromatic N) is 3. The van der Waals surface area contributed by atoms with Crippen LogP contribution in [-0.4, -0.2) is 79.8 Å². The second-order valence-electron chi connectivity index (χ2n) is 10.2. The number of piperazine rings is 1. The third kappa shape index (κ3) is 7.97. The Morgan fingerprint density at radius 3 is 2.37 bits per heavy atom. The average Bonchev–Trinajstić information content (AvgIpc) is 3.00. The molecule has 2 heterocycles. The number of esters is 1. The molecule has 0 atom stereocenters. The number of rotatable bonds is 13. The Hall–Kier alpha value is -4.12. The maximum absolute atomic E-state index is 12.8. The molecule has 0 bridgehead atoms. The molecule has 11 nitrogen and oxygen atoms in total. The van der Waals surface area contributed by atoms with Crippen LogP contribution in [0.25, 0.3) is 10.9 Å². The Balaban J connectivity index is 1.10. The van der Waals surface area contributed by atoms with Crippen LogP contribution in [0.15, 0.2) is 52.1 Å². The van der Waals surface area contributed by atoms with Gasteiger partial charge in [-0.15, -0.1) is 0 Å². The van der Waals surface area contributed by atoms with Crippen LogP contribution in [0.5, 0.6) is 5.75 Å². The van der Waals surface area contributed by atoms with E-state index >= 15 is 0 Å². The number of carbonyl (C=O) groups is 2. The van der Waals surface area contributed by atoms with Gasteiger partial charge >= 0.3 is 11.7 Å². The number of hydrogen-bond acceptors (Lipinski definition) is 8. The normalized spacial score (nSPS) is 13.8. The number of benzene rings is 2. The monoisotopic (exact) mass is 565 g/mol. The number of aromatic nitrogens is 2. The minimum absolute atomic E-state index is 0.0245. The largest absolute Gasteiger partial charge is 0.497 e. The number of hydrogen-bond donors (Lipinski definition) is 2. The van der Waals surface area contributed by atoms with Gasteiger partial charge in [-0.2, -0.15) is 0 Å². The zero-order valence-electron chi connectivity index (χ0n) is 23.8. The Labute approximate surface area is 239 Å². The van der Waals surface area contributed by atoms with Gasteiger partial charge in [-0.05, 0) is 68.3 Å². The molecule has 1 aliphatic rings. The van der Waals surface area contributed by atoms with Gasteiger partial charge in [0.2, 0.25) is 5.91 Å². The lowest BCUT2D eigenvalue weighted by Crippen LogP contribution is -2.47. The lowest BCUT2D eigenvalue weighted by atomic mass is 10.1. The van der Waals surface area contributed by atoms with Crippen molar-refractivity contribution in [3.63, 3.8) is 0 Å². The van der Waals surface area contributed by atoms with Crippen molar-refractivity contribution in [1.82, 2.24) is 19.8 Å². The summed E-state index contributed by atoms with van der Waals surface area (Å²) in [6.45, 7) is 5.82. The molecule has 220 valence electrons. The van der Waals surface area contributed by atoms with E-state index in [4.69, 9.17) is 4.74 Å². The minimum atomic E-state index is -0.541. The lowest BCUT2D eigenvalue weighted by molar-refractivity contribution is -0.121. The SMILES string of the molecule is COC(=O)c1ccc2c(=O)n(CCCCCC(=O)NCCCN3CCN(c4ccc(OC)cc4)CC3)c(=O)[nH]c2c1. The van der Waals surface area contributed by atoms with E-state index < -0.39 is 17.2 Å². The molecule has 1 saturated heterocycles. The molecule has 2 aromatic carbocycles. The molecule has 3 aromatic rings. The number of fused-ring (bicyclic) bond motifs is 1. The number of anilines is 1. The summed E-state index contributed by atoms with van der Waals surface area (Å²) in [5.74, 6) is 0.347. The van der Waals surface area contributed by atoms with Crippen molar-refractivity contribution in [3.05, 3.63) is 68.9 Å². The summed E-state index contributed by atoms with van der Waals surface area (Å²) < 4.78 is 11.1. The topological polar surface area (TPSA) is 126 Å². The molecule has 0 spiro atoms. The Morgan fingerprint density at radius 2 is 1.66 bits per heavy atom. The van der Waals surface area contributed by atoms with Crippen LogP contribution >= 0.6 is 0 Å². The van der Waals surface area contributed by atoms with Crippen molar-refractivity contribution in [2.75, 3.05) is 58.4 Å². The van der Waals surface area contributed by atoms with Crippen molar-refractivity contribution in [2.24, 2.45) is 0 Å². The van der Waals surface area contributed by atoms with Gasteiger partial charge in [0, 0.05) is 51.4 Å². The highest BCUT2D eigenvalue weighted by Crippen LogP contribution is 2.20. The number of carbonyl (C=O) groups excluding carboxylic acids is 2. The number of aromatic amines is 1. The van der Waals surface area contributed by atoms with Gasteiger partial charge in [0.05, 0.1) is 30.7 Å². The number of H-pyrrole nitrogens is 1. The van der Waals surface area contributed by atoms with Crippen molar-refractivity contribution in [1.29, 1.82) is 0 Å². The van der Waals surface area contributed by atoms with Crippen molar-refractivity contribution < 1.29 is 19.1 Å².